The second kappa shape index (κ2) is 4.45. The molecule has 0 saturated carbocycles. The lowest BCUT2D eigenvalue weighted by atomic mass is 10.1. The molecule has 1 N–H and O–H groups in total. The summed E-state index contributed by atoms with van der Waals surface area (Å²) in [6, 6.07) is 5.54. The maximum absolute atomic E-state index is 13.8. The quantitative estimate of drug-likeness (QED) is 0.862. The van der Waals surface area contributed by atoms with Crippen molar-refractivity contribution in [3.05, 3.63) is 30.2 Å². The van der Waals surface area contributed by atoms with Gasteiger partial charge in [0, 0.05) is 11.4 Å². The molecule has 1 aromatic heterocycles. The lowest BCUT2D eigenvalue weighted by Gasteiger charge is -2.23. The van der Waals surface area contributed by atoms with Gasteiger partial charge in [-0.1, -0.05) is 18.6 Å². The smallest absolute Gasteiger partial charge is 0.149 e. The summed E-state index contributed by atoms with van der Waals surface area (Å²) in [6.45, 7) is 1.82. The molecule has 1 fully saturated rings. The fraction of sp³-hybridized carbons (Fsp3) is 0.462. The minimum Gasteiger partial charge on any atom is -0.312 e. The van der Waals surface area contributed by atoms with E-state index in [1.165, 1.54) is 18.9 Å². The molecule has 1 atom stereocenters. The third-order valence-electron chi connectivity index (χ3n) is 3.42. The van der Waals surface area contributed by atoms with Crippen molar-refractivity contribution < 1.29 is 4.39 Å². The predicted molar refractivity (Wildman–Crippen MR) is 65.3 cm³/mol. The minimum atomic E-state index is -0.184. The molecule has 1 unspecified atom stereocenters. The van der Waals surface area contributed by atoms with E-state index in [0.29, 0.717) is 11.6 Å². The summed E-state index contributed by atoms with van der Waals surface area (Å²) >= 11 is 0. The van der Waals surface area contributed by atoms with Crippen molar-refractivity contribution in [1.82, 2.24) is 15.1 Å². The lowest BCUT2D eigenvalue weighted by molar-refractivity contribution is 0.354. The first-order valence-electron chi connectivity index (χ1n) is 6.18. The third-order valence-corrected chi connectivity index (χ3v) is 3.42. The topological polar surface area (TPSA) is 29.9 Å². The van der Waals surface area contributed by atoms with Gasteiger partial charge in [-0.25, -0.2) is 4.39 Å². The third kappa shape index (κ3) is 2.05. The van der Waals surface area contributed by atoms with E-state index in [1.807, 2.05) is 6.07 Å². The monoisotopic (exact) mass is 233 g/mol. The van der Waals surface area contributed by atoms with Crippen molar-refractivity contribution in [3.8, 4) is 0 Å². The first-order chi connectivity index (χ1) is 8.34. The number of fused-ring (bicyclic) bond motifs is 1. The van der Waals surface area contributed by atoms with Gasteiger partial charge in [-0.05, 0) is 25.5 Å². The van der Waals surface area contributed by atoms with Crippen LogP contribution >= 0.6 is 0 Å². The average Bonchev–Trinajstić information content (AvgIpc) is 2.75. The van der Waals surface area contributed by atoms with E-state index in [0.717, 1.165) is 24.9 Å². The number of halogens is 1. The Morgan fingerprint density at radius 3 is 3.18 bits per heavy atom. The van der Waals surface area contributed by atoms with E-state index in [1.54, 1.807) is 16.9 Å². The van der Waals surface area contributed by atoms with Crippen molar-refractivity contribution in [2.24, 2.45) is 0 Å². The van der Waals surface area contributed by atoms with Gasteiger partial charge in [0.25, 0.3) is 0 Å². The molecular formula is C13H16FN3. The SMILES string of the molecule is Fc1cccc2cnn(CC3CCCCN3)c12. The van der Waals surface area contributed by atoms with Gasteiger partial charge < -0.3 is 5.32 Å². The molecule has 4 heteroatoms. The summed E-state index contributed by atoms with van der Waals surface area (Å²) in [5.74, 6) is -0.184. The zero-order valence-corrected chi connectivity index (χ0v) is 9.69. The van der Waals surface area contributed by atoms with Gasteiger partial charge in [-0.15, -0.1) is 0 Å². The first-order valence-corrected chi connectivity index (χ1v) is 6.18. The number of hydrogen-bond donors (Lipinski definition) is 1. The van der Waals surface area contributed by atoms with Crippen LogP contribution in [0.2, 0.25) is 0 Å². The number of nitrogens with zero attached hydrogens (tertiary/aromatic N) is 2. The minimum absolute atomic E-state index is 0.184. The molecule has 1 aromatic carbocycles. The first kappa shape index (κ1) is 10.7. The molecular weight excluding hydrogens is 217 g/mol. The molecule has 90 valence electrons. The van der Waals surface area contributed by atoms with Gasteiger partial charge >= 0.3 is 0 Å². The molecule has 0 bridgehead atoms. The van der Waals surface area contributed by atoms with Crippen molar-refractivity contribution >= 4 is 10.9 Å². The molecule has 2 heterocycles. The Bertz CT molecular complexity index is 514. The Labute approximate surface area is 99.6 Å². The Hall–Kier alpha value is -1.42. The number of nitrogens with one attached hydrogen (secondary N) is 1. The van der Waals surface area contributed by atoms with Gasteiger partial charge in [0.05, 0.1) is 12.7 Å². The number of piperidine rings is 1. The van der Waals surface area contributed by atoms with Crippen molar-refractivity contribution in [2.75, 3.05) is 6.54 Å². The summed E-state index contributed by atoms with van der Waals surface area (Å²) in [6.07, 6.45) is 5.38. The molecule has 3 rings (SSSR count). The van der Waals surface area contributed by atoms with Crippen LogP contribution < -0.4 is 5.32 Å². The predicted octanol–water partition coefficient (Wildman–Crippen LogP) is 2.32. The molecule has 1 saturated heterocycles. The standard InChI is InChI=1S/C13H16FN3/c14-12-6-3-4-10-8-16-17(13(10)12)9-11-5-1-2-7-15-11/h3-4,6,8,11,15H,1-2,5,7,9H2. The van der Waals surface area contributed by atoms with E-state index >= 15 is 0 Å². The second-order valence-corrected chi connectivity index (χ2v) is 4.65. The Morgan fingerprint density at radius 1 is 1.41 bits per heavy atom. The van der Waals surface area contributed by atoms with Crippen LogP contribution in [-0.2, 0) is 6.54 Å². The maximum Gasteiger partial charge on any atom is 0.149 e. The van der Waals surface area contributed by atoms with Crippen LogP contribution in [0, 0.1) is 5.82 Å². The fourth-order valence-corrected chi connectivity index (χ4v) is 2.53. The van der Waals surface area contributed by atoms with Crippen LogP contribution in [0.1, 0.15) is 19.3 Å². The molecule has 1 aliphatic rings. The summed E-state index contributed by atoms with van der Waals surface area (Å²) in [7, 11) is 0. The molecule has 0 spiro atoms. The van der Waals surface area contributed by atoms with Crippen molar-refractivity contribution in [1.29, 1.82) is 0 Å². The van der Waals surface area contributed by atoms with E-state index in [-0.39, 0.29) is 5.82 Å². The van der Waals surface area contributed by atoms with E-state index < -0.39 is 0 Å². The summed E-state index contributed by atoms with van der Waals surface area (Å²) in [5, 5.41) is 8.62. The highest BCUT2D eigenvalue weighted by Gasteiger charge is 2.15. The van der Waals surface area contributed by atoms with Crippen LogP contribution in [0.3, 0.4) is 0 Å². The van der Waals surface area contributed by atoms with Gasteiger partial charge in [0.15, 0.2) is 0 Å². The number of hydrogen-bond acceptors (Lipinski definition) is 2. The number of para-hydroxylation sites is 1. The molecule has 2 aromatic rings. The lowest BCUT2D eigenvalue weighted by Crippen LogP contribution is -2.37. The molecule has 0 amide bonds. The Balaban J connectivity index is 1.89. The van der Waals surface area contributed by atoms with Crippen LogP contribution in [0.4, 0.5) is 4.39 Å². The molecule has 0 radical (unpaired) electrons. The molecule has 1 aliphatic heterocycles. The second-order valence-electron chi connectivity index (χ2n) is 4.65. The van der Waals surface area contributed by atoms with E-state index in [2.05, 4.69) is 10.4 Å². The number of aromatic nitrogens is 2. The molecule has 3 nitrogen and oxygen atoms in total. The average molecular weight is 233 g/mol. The summed E-state index contributed by atoms with van der Waals surface area (Å²) < 4.78 is 15.5. The largest absolute Gasteiger partial charge is 0.312 e. The van der Waals surface area contributed by atoms with Gasteiger partial charge in [-0.2, -0.15) is 5.10 Å². The Kier molecular flexibility index (Phi) is 2.81. The van der Waals surface area contributed by atoms with Gasteiger partial charge in [0.1, 0.15) is 11.3 Å². The van der Waals surface area contributed by atoms with E-state index in [9.17, 15) is 4.39 Å². The van der Waals surface area contributed by atoms with Crippen LogP contribution in [0.25, 0.3) is 10.9 Å². The summed E-state index contributed by atoms with van der Waals surface area (Å²) in [5.41, 5.74) is 0.625. The highest BCUT2D eigenvalue weighted by atomic mass is 19.1. The fourth-order valence-electron chi connectivity index (χ4n) is 2.53. The van der Waals surface area contributed by atoms with Crippen LogP contribution in [-0.4, -0.2) is 22.4 Å². The van der Waals surface area contributed by atoms with Crippen molar-refractivity contribution in [2.45, 2.75) is 31.8 Å². The zero-order valence-electron chi connectivity index (χ0n) is 9.69. The Morgan fingerprint density at radius 2 is 2.35 bits per heavy atom. The highest BCUT2D eigenvalue weighted by Crippen LogP contribution is 2.18. The maximum atomic E-state index is 13.8. The zero-order chi connectivity index (χ0) is 11.7. The number of benzene rings is 1. The number of rotatable bonds is 2. The van der Waals surface area contributed by atoms with E-state index in [4.69, 9.17) is 0 Å². The highest BCUT2D eigenvalue weighted by molar-refractivity contribution is 5.79. The van der Waals surface area contributed by atoms with Gasteiger partial charge in [-0.3, -0.25) is 4.68 Å². The normalized spacial score (nSPS) is 20.9. The molecule has 0 aliphatic carbocycles. The van der Waals surface area contributed by atoms with Crippen LogP contribution in [0.15, 0.2) is 24.4 Å². The van der Waals surface area contributed by atoms with Crippen molar-refractivity contribution in [3.63, 3.8) is 0 Å². The van der Waals surface area contributed by atoms with Gasteiger partial charge in [0.2, 0.25) is 0 Å². The van der Waals surface area contributed by atoms with Crippen LogP contribution in [0.5, 0.6) is 0 Å². The molecule has 17 heavy (non-hydrogen) atoms. The summed E-state index contributed by atoms with van der Waals surface area (Å²) in [4.78, 5) is 0.